The zero-order chi connectivity index (χ0) is 33.5. The number of H-pyrrole nitrogens is 1. The predicted octanol–water partition coefficient (Wildman–Crippen LogP) is 7.11. The molecule has 0 spiro atoms. The molecule has 0 atom stereocenters. The molecule has 0 saturated carbocycles. The van der Waals surface area contributed by atoms with E-state index in [0.29, 0.717) is 16.9 Å². The van der Waals surface area contributed by atoms with E-state index in [1.54, 1.807) is 6.07 Å². The van der Waals surface area contributed by atoms with E-state index in [0.717, 1.165) is 29.8 Å². The molecule has 0 saturated heterocycles. The molecule has 0 aliphatic carbocycles. The van der Waals surface area contributed by atoms with Gasteiger partial charge in [-0.1, -0.05) is 36.4 Å². The summed E-state index contributed by atoms with van der Waals surface area (Å²) >= 11 is 0. The van der Waals surface area contributed by atoms with E-state index in [4.69, 9.17) is 4.55 Å². The van der Waals surface area contributed by atoms with Gasteiger partial charge >= 0.3 is 5.97 Å². The Bertz CT molecular complexity index is 2500. The molecular formula is C30H20N6O9S2. The van der Waals surface area contributed by atoms with Crippen LogP contribution in [-0.2, 0) is 20.2 Å². The fourth-order valence-electron chi connectivity index (χ4n) is 4.69. The Kier molecular flexibility index (Phi) is 7.82. The SMILES string of the molecule is O=C(O)c1cc(N=Nc2ccc(S(=O)(=O)O)cc2)ccc1N=Nc1c(S(=O)(=O)O)cc2ccc3nc(-c4ccccc4)[nH]c3c2c1O. The smallest absolute Gasteiger partial charge is 0.338 e. The molecular weight excluding hydrogens is 652 g/mol. The second-order valence-electron chi connectivity index (χ2n) is 9.93. The zero-order valence-electron chi connectivity index (χ0n) is 23.5. The van der Waals surface area contributed by atoms with Gasteiger partial charge in [0.25, 0.3) is 20.2 Å². The summed E-state index contributed by atoms with van der Waals surface area (Å²) in [5, 5.41) is 37.2. The second kappa shape index (κ2) is 11.8. The number of aromatic amines is 1. The van der Waals surface area contributed by atoms with Crippen molar-refractivity contribution in [3.63, 3.8) is 0 Å². The van der Waals surface area contributed by atoms with Crippen molar-refractivity contribution in [1.82, 2.24) is 9.97 Å². The number of aromatic carboxylic acids is 1. The predicted molar refractivity (Wildman–Crippen MR) is 169 cm³/mol. The lowest BCUT2D eigenvalue weighted by Crippen LogP contribution is -1.99. The molecule has 15 nitrogen and oxygen atoms in total. The van der Waals surface area contributed by atoms with Crippen molar-refractivity contribution in [3.8, 4) is 17.1 Å². The standard InChI is InChI=1S/C30H20N6O9S2/c37-28-25-17(6-12-23-26(25)32-29(31-23)16-4-2-1-3-5-16)14-24(47(43,44)45)27(28)36-35-22-13-9-19(15-21(22)30(38)39)34-33-18-7-10-20(11-8-18)46(40,41)42/h1-15,37H,(H,31,32)(H,38,39)(H,40,41,42)(H,43,44,45). The van der Waals surface area contributed by atoms with Crippen LogP contribution in [0.15, 0.2) is 121 Å². The first-order valence-electron chi connectivity index (χ1n) is 13.3. The number of hydrogen-bond donors (Lipinski definition) is 5. The van der Waals surface area contributed by atoms with Crippen LogP contribution in [0.1, 0.15) is 10.4 Å². The fourth-order valence-corrected chi connectivity index (χ4v) is 5.83. The number of nitrogens with one attached hydrogen (secondary N) is 1. The number of carboxylic acid groups (broad SMARTS) is 1. The fraction of sp³-hybridized carbons (Fsp3) is 0. The number of aromatic hydroxyl groups is 1. The van der Waals surface area contributed by atoms with Crippen LogP contribution in [-0.4, -0.2) is 52.1 Å². The molecule has 0 bridgehead atoms. The molecule has 236 valence electrons. The number of aromatic nitrogens is 2. The number of carboxylic acids is 1. The Morgan fingerprint density at radius 3 is 2.09 bits per heavy atom. The normalized spacial score (nSPS) is 12.5. The van der Waals surface area contributed by atoms with Crippen molar-refractivity contribution in [2.45, 2.75) is 9.79 Å². The van der Waals surface area contributed by atoms with Crippen LogP contribution in [0.4, 0.5) is 22.7 Å². The zero-order valence-corrected chi connectivity index (χ0v) is 25.2. The highest BCUT2D eigenvalue weighted by atomic mass is 32.2. The van der Waals surface area contributed by atoms with E-state index in [1.165, 1.54) is 30.3 Å². The summed E-state index contributed by atoms with van der Waals surface area (Å²) in [5.41, 5.74) is 0.507. The lowest BCUT2D eigenvalue weighted by Gasteiger charge is -2.09. The number of nitrogens with zero attached hydrogens (tertiary/aromatic N) is 5. The lowest BCUT2D eigenvalue weighted by molar-refractivity contribution is 0.0697. The van der Waals surface area contributed by atoms with Gasteiger partial charge in [-0.3, -0.25) is 9.11 Å². The number of phenols is 1. The largest absolute Gasteiger partial charge is 0.505 e. The summed E-state index contributed by atoms with van der Waals surface area (Å²) in [5.74, 6) is -1.62. The summed E-state index contributed by atoms with van der Waals surface area (Å²) in [6.45, 7) is 0. The van der Waals surface area contributed by atoms with E-state index < -0.39 is 48.1 Å². The molecule has 17 heteroatoms. The molecule has 6 aromatic rings. The molecule has 0 fully saturated rings. The van der Waals surface area contributed by atoms with Gasteiger partial charge in [0.2, 0.25) is 0 Å². The minimum Gasteiger partial charge on any atom is -0.505 e. The monoisotopic (exact) mass is 672 g/mol. The summed E-state index contributed by atoms with van der Waals surface area (Å²) in [4.78, 5) is 18.6. The Morgan fingerprint density at radius 1 is 0.745 bits per heavy atom. The second-order valence-corrected chi connectivity index (χ2v) is 12.7. The van der Waals surface area contributed by atoms with Crippen molar-refractivity contribution in [2.75, 3.05) is 0 Å². The summed E-state index contributed by atoms with van der Waals surface area (Å²) in [6.07, 6.45) is 0. The first-order valence-corrected chi connectivity index (χ1v) is 16.2. The number of hydrogen-bond acceptors (Lipinski definition) is 11. The summed E-state index contributed by atoms with van der Waals surface area (Å²) in [7, 11) is -9.35. The molecule has 1 heterocycles. The van der Waals surface area contributed by atoms with Crippen LogP contribution in [0.3, 0.4) is 0 Å². The number of benzene rings is 5. The van der Waals surface area contributed by atoms with Crippen molar-refractivity contribution >= 4 is 70.8 Å². The Labute approximate surface area is 265 Å². The molecule has 5 aromatic carbocycles. The van der Waals surface area contributed by atoms with Gasteiger partial charge in [0.05, 0.1) is 38.3 Å². The number of fused-ring (bicyclic) bond motifs is 3. The molecule has 6 rings (SSSR count). The van der Waals surface area contributed by atoms with Crippen molar-refractivity contribution in [3.05, 3.63) is 96.6 Å². The van der Waals surface area contributed by atoms with E-state index in [2.05, 4.69) is 30.4 Å². The van der Waals surface area contributed by atoms with Gasteiger partial charge in [-0.05, 0) is 60.0 Å². The number of carbonyl (C=O) groups is 1. The number of rotatable bonds is 8. The number of imidazole rings is 1. The molecule has 0 amide bonds. The lowest BCUT2D eigenvalue weighted by atomic mass is 10.1. The molecule has 0 aliphatic heterocycles. The Morgan fingerprint density at radius 2 is 1.43 bits per heavy atom. The van der Waals surface area contributed by atoms with Crippen LogP contribution in [0.2, 0.25) is 0 Å². The molecule has 0 unspecified atom stereocenters. The quantitative estimate of drug-likeness (QED) is 0.0809. The van der Waals surface area contributed by atoms with Gasteiger partial charge in [0.1, 0.15) is 22.1 Å². The van der Waals surface area contributed by atoms with Gasteiger partial charge in [-0.2, -0.15) is 27.1 Å². The van der Waals surface area contributed by atoms with Gasteiger partial charge in [-0.25, -0.2) is 9.78 Å². The van der Waals surface area contributed by atoms with E-state index in [9.17, 15) is 36.4 Å². The van der Waals surface area contributed by atoms with Crippen LogP contribution in [0.25, 0.3) is 33.2 Å². The first kappa shape index (κ1) is 31.1. The van der Waals surface area contributed by atoms with E-state index in [1.807, 2.05) is 30.3 Å². The first-order chi connectivity index (χ1) is 22.3. The van der Waals surface area contributed by atoms with Gasteiger partial charge in [-0.15, -0.1) is 10.2 Å². The van der Waals surface area contributed by atoms with Crippen LogP contribution >= 0.6 is 0 Å². The average molecular weight is 673 g/mol. The third-order valence-electron chi connectivity index (χ3n) is 6.88. The van der Waals surface area contributed by atoms with E-state index in [-0.39, 0.29) is 32.7 Å². The molecule has 0 radical (unpaired) electrons. The maximum Gasteiger partial charge on any atom is 0.338 e. The molecule has 1 aromatic heterocycles. The van der Waals surface area contributed by atoms with Gasteiger partial charge in [0, 0.05) is 5.56 Å². The highest BCUT2D eigenvalue weighted by molar-refractivity contribution is 7.86. The average Bonchev–Trinajstić information content (AvgIpc) is 3.47. The summed E-state index contributed by atoms with van der Waals surface area (Å²) in [6, 6.07) is 21.8. The minimum absolute atomic E-state index is 0.0586. The van der Waals surface area contributed by atoms with Crippen molar-refractivity contribution < 1.29 is 40.9 Å². The Hall–Kier alpha value is -5.88. The van der Waals surface area contributed by atoms with Crippen molar-refractivity contribution in [1.29, 1.82) is 0 Å². The van der Waals surface area contributed by atoms with Gasteiger partial charge < -0.3 is 15.2 Å². The molecule has 0 aliphatic rings. The maximum absolute atomic E-state index is 12.4. The van der Waals surface area contributed by atoms with Crippen LogP contribution < -0.4 is 0 Å². The number of phenolic OH excluding ortho intramolecular Hbond substituents is 1. The van der Waals surface area contributed by atoms with E-state index >= 15 is 0 Å². The van der Waals surface area contributed by atoms with Crippen molar-refractivity contribution in [2.24, 2.45) is 20.5 Å². The Balaban J connectivity index is 1.41. The van der Waals surface area contributed by atoms with Crippen LogP contribution in [0.5, 0.6) is 5.75 Å². The molecule has 47 heavy (non-hydrogen) atoms. The van der Waals surface area contributed by atoms with Crippen LogP contribution in [0, 0.1) is 0 Å². The minimum atomic E-state index is -4.95. The topological polar surface area (TPSA) is 244 Å². The third kappa shape index (κ3) is 6.31. The highest BCUT2D eigenvalue weighted by Crippen LogP contribution is 2.44. The highest BCUT2D eigenvalue weighted by Gasteiger charge is 2.24. The van der Waals surface area contributed by atoms with Gasteiger partial charge in [0.15, 0.2) is 5.75 Å². The third-order valence-corrected chi connectivity index (χ3v) is 8.62. The molecule has 5 N–H and O–H groups in total. The number of azo groups is 2. The summed E-state index contributed by atoms with van der Waals surface area (Å²) < 4.78 is 66.2. The maximum atomic E-state index is 12.4.